The lowest BCUT2D eigenvalue weighted by Crippen LogP contribution is -2.61. The molecule has 9 heteroatoms. The molecule has 6 rings (SSSR count). The molecule has 4 aromatic rings. The zero-order chi connectivity index (χ0) is 27.9. The Hall–Kier alpha value is -4.66. The summed E-state index contributed by atoms with van der Waals surface area (Å²) >= 11 is 0. The van der Waals surface area contributed by atoms with Gasteiger partial charge >= 0.3 is 0 Å². The van der Waals surface area contributed by atoms with Crippen molar-refractivity contribution in [3.63, 3.8) is 0 Å². The molecule has 204 valence electrons. The Kier molecular flexibility index (Phi) is 6.50. The standard InChI is InChI=1S/C31H30N4O5/c1-33-16-13-21-18-22(11-12-26(21)33)32-30(39)31(14-5-2-6-15-31)35(19-23-8-7-17-40-23)27(36)20-34-28(37)24-9-3-4-10-25(24)29(34)38/h3-4,7-13,16-18H,2,5-6,14-15,19-20H2,1H3,(H,32,39). The molecule has 0 atom stereocenters. The molecule has 9 nitrogen and oxygen atoms in total. The van der Waals surface area contributed by atoms with E-state index in [1.807, 2.05) is 42.1 Å². The Bertz CT molecular complexity index is 1580. The van der Waals surface area contributed by atoms with Crippen LogP contribution >= 0.6 is 0 Å². The largest absolute Gasteiger partial charge is 0.467 e. The number of carbonyl (C=O) groups excluding carboxylic acids is 4. The summed E-state index contributed by atoms with van der Waals surface area (Å²) in [5.74, 6) is -1.28. The molecule has 2 aliphatic rings. The summed E-state index contributed by atoms with van der Waals surface area (Å²) in [7, 11) is 1.96. The third kappa shape index (κ3) is 4.37. The number of nitrogens with zero attached hydrogens (tertiary/aromatic N) is 3. The number of fused-ring (bicyclic) bond motifs is 2. The maximum absolute atomic E-state index is 14.2. The van der Waals surface area contributed by atoms with Crippen LogP contribution in [0.3, 0.4) is 0 Å². The molecule has 0 saturated heterocycles. The van der Waals surface area contributed by atoms with Gasteiger partial charge < -0.3 is 19.2 Å². The summed E-state index contributed by atoms with van der Waals surface area (Å²) in [6, 6.07) is 17.7. The van der Waals surface area contributed by atoms with E-state index in [0.717, 1.165) is 35.1 Å². The molecular formula is C31H30N4O5. The van der Waals surface area contributed by atoms with Crippen LogP contribution in [-0.2, 0) is 23.2 Å². The number of benzene rings is 2. The van der Waals surface area contributed by atoms with Crippen LogP contribution in [0.4, 0.5) is 5.69 Å². The second kappa shape index (κ2) is 10.1. The Morgan fingerprint density at radius 2 is 1.68 bits per heavy atom. The zero-order valence-corrected chi connectivity index (χ0v) is 22.3. The molecule has 2 aromatic carbocycles. The molecule has 0 unspecified atom stereocenters. The van der Waals surface area contributed by atoms with Gasteiger partial charge in [0, 0.05) is 29.8 Å². The van der Waals surface area contributed by atoms with Crippen molar-refractivity contribution in [1.82, 2.24) is 14.4 Å². The summed E-state index contributed by atoms with van der Waals surface area (Å²) in [6.45, 7) is -0.418. The third-order valence-corrected chi connectivity index (χ3v) is 8.13. The fourth-order valence-electron chi connectivity index (χ4n) is 6.00. The van der Waals surface area contributed by atoms with E-state index in [2.05, 4.69) is 5.32 Å². The van der Waals surface area contributed by atoms with Crippen molar-refractivity contribution in [2.24, 2.45) is 7.05 Å². The van der Waals surface area contributed by atoms with Crippen LogP contribution in [0.1, 0.15) is 58.6 Å². The minimum absolute atomic E-state index is 0.0418. The maximum Gasteiger partial charge on any atom is 0.262 e. The van der Waals surface area contributed by atoms with Crippen molar-refractivity contribution in [3.8, 4) is 0 Å². The van der Waals surface area contributed by atoms with Crippen LogP contribution in [0.5, 0.6) is 0 Å². The highest BCUT2D eigenvalue weighted by Gasteiger charge is 2.48. The minimum atomic E-state index is -1.17. The van der Waals surface area contributed by atoms with Crippen LogP contribution in [0.15, 0.2) is 77.5 Å². The van der Waals surface area contributed by atoms with E-state index in [1.54, 1.807) is 36.4 Å². The van der Waals surface area contributed by atoms with Gasteiger partial charge in [-0.15, -0.1) is 0 Å². The predicted molar refractivity (Wildman–Crippen MR) is 148 cm³/mol. The van der Waals surface area contributed by atoms with Gasteiger partial charge in [-0.3, -0.25) is 24.1 Å². The summed E-state index contributed by atoms with van der Waals surface area (Å²) in [4.78, 5) is 56.8. The molecule has 4 amide bonds. The zero-order valence-electron chi connectivity index (χ0n) is 22.3. The van der Waals surface area contributed by atoms with E-state index in [9.17, 15) is 19.2 Å². The molecule has 1 saturated carbocycles. The van der Waals surface area contributed by atoms with Crippen LogP contribution in [0.25, 0.3) is 10.9 Å². The first kappa shape index (κ1) is 25.6. The molecule has 1 fully saturated rings. The highest BCUT2D eigenvalue weighted by molar-refractivity contribution is 6.22. The molecule has 0 radical (unpaired) electrons. The van der Waals surface area contributed by atoms with Gasteiger partial charge in [-0.2, -0.15) is 0 Å². The molecule has 0 bridgehead atoms. The highest BCUT2D eigenvalue weighted by Crippen LogP contribution is 2.37. The summed E-state index contributed by atoms with van der Waals surface area (Å²) in [5, 5.41) is 4.07. The summed E-state index contributed by atoms with van der Waals surface area (Å²) in [5.41, 5.74) is 1.06. The van der Waals surface area contributed by atoms with Crippen molar-refractivity contribution in [3.05, 3.63) is 90.0 Å². The summed E-state index contributed by atoms with van der Waals surface area (Å²) < 4.78 is 7.59. The van der Waals surface area contributed by atoms with Gasteiger partial charge in [-0.25, -0.2) is 0 Å². The number of hydrogen-bond donors (Lipinski definition) is 1. The second-order valence-electron chi connectivity index (χ2n) is 10.5. The molecule has 1 aliphatic carbocycles. The molecule has 3 heterocycles. The number of aryl methyl sites for hydroxylation is 1. The molecule has 0 spiro atoms. The first-order chi connectivity index (χ1) is 19.4. The van der Waals surface area contributed by atoms with Crippen LogP contribution in [-0.4, -0.2) is 50.1 Å². The number of aromatic nitrogens is 1. The van der Waals surface area contributed by atoms with Crippen molar-refractivity contribution < 1.29 is 23.6 Å². The van der Waals surface area contributed by atoms with E-state index in [0.29, 0.717) is 24.3 Å². The number of rotatable bonds is 7. The van der Waals surface area contributed by atoms with E-state index in [1.165, 1.54) is 11.2 Å². The van der Waals surface area contributed by atoms with Gasteiger partial charge in [0.25, 0.3) is 11.8 Å². The van der Waals surface area contributed by atoms with E-state index < -0.39 is 29.8 Å². The molecule has 40 heavy (non-hydrogen) atoms. The van der Waals surface area contributed by atoms with Gasteiger partial charge in [-0.05, 0) is 61.4 Å². The Labute approximate surface area is 231 Å². The molecule has 2 aromatic heterocycles. The lowest BCUT2D eigenvalue weighted by atomic mass is 9.79. The molecular weight excluding hydrogens is 508 g/mol. The van der Waals surface area contributed by atoms with E-state index >= 15 is 0 Å². The van der Waals surface area contributed by atoms with E-state index in [4.69, 9.17) is 4.42 Å². The number of amides is 4. The van der Waals surface area contributed by atoms with Crippen molar-refractivity contribution in [1.29, 1.82) is 0 Å². The van der Waals surface area contributed by atoms with Gasteiger partial charge in [-0.1, -0.05) is 31.4 Å². The fraction of sp³-hybridized carbons (Fsp3) is 0.290. The Morgan fingerprint density at radius 3 is 2.35 bits per heavy atom. The number of nitrogens with one attached hydrogen (secondary N) is 1. The summed E-state index contributed by atoms with van der Waals surface area (Å²) in [6.07, 6.45) is 6.88. The lowest BCUT2D eigenvalue weighted by Gasteiger charge is -2.45. The van der Waals surface area contributed by atoms with E-state index in [-0.39, 0.29) is 23.6 Å². The number of carbonyl (C=O) groups is 4. The topological polar surface area (TPSA) is 105 Å². The fourth-order valence-corrected chi connectivity index (χ4v) is 6.00. The van der Waals surface area contributed by atoms with Crippen molar-refractivity contribution in [2.75, 3.05) is 11.9 Å². The second-order valence-corrected chi connectivity index (χ2v) is 10.5. The quantitative estimate of drug-likeness (QED) is 0.342. The predicted octanol–water partition coefficient (Wildman–Crippen LogP) is 4.74. The number of furan rings is 1. The van der Waals surface area contributed by atoms with Crippen molar-refractivity contribution >= 4 is 40.2 Å². The third-order valence-electron chi connectivity index (χ3n) is 8.13. The average Bonchev–Trinajstić information content (AvgIpc) is 3.68. The van der Waals surface area contributed by atoms with Gasteiger partial charge in [0.05, 0.1) is 23.9 Å². The number of imide groups is 1. The van der Waals surface area contributed by atoms with Crippen LogP contribution in [0.2, 0.25) is 0 Å². The smallest absolute Gasteiger partial charge is 0.262 e. The molecule has 1 N–H and O–H groups in total. The average molecular weight is 539 g/mol. The normalized spacial score (nSPS) is 16.3. The minimum Gasteiger partial charge on any atom is -0.467 e. The van der Waals surface area contributed by atoms with Gasteiger partial charge in [0.1, 0.15) is 17.8 Å². The Morgan fingerprint density at radius 1 is 0.950 bits per heavy atom. The maximum atomic E-state index is 14.2. The van der Waals surface area contributed by atoms with Crippen LogP contribution in [0, 0.1) is 0 Å². The number of hydrogen-bond acceptors (Lipinski definition) is 5. The first-order valence-electron chi connectivity index (χ1n) is 13.5. The van der Waals surface area contributed by atoms with Crippen molar-refractivity contribution in [2.45, 2.75) is 44.2 Å². The highest BCUT2D eigenvalue weighted by atomic mass is 16.3. The van der Waals surface area contributed by atoms with Crippen LogP contribution < -0.4 is 5.32 Å². The number of anilines is 1. The van der Waals surface area contributed by atoms with Gasteiger partial charge in [0.15, 0.2) is 0 Å². The monoisotopic (exact) mass is 538 g/mol. The molecule has 1 aliphatic heterocycles. The Balaban J connectivity index is 1.33. The first-order valence-corrected chi connectivity index (χ1v) is 13.5. The lowest BCUT2D eigenvalue weighted by molar-refractivity contribution is -0.149. The SMILES string of the molecule is Cn1ccc2cc(NC(=O)C3(N(Cc4ccco4)C(=O)CN4C(=O)c5ccccc5C4=O)CCCCC3)ccc21. The van der Waals surface area contributed by atoms with Gasteiger partial charge in [0.2, 0.25) is 11.8 Å².